The molecule has 0 bridgehead atoms. The SMILES string of the molecule is CC(C)(C)[C@H]1CCc2sc(C(=O)NNC(=O)CCl)cc2C1. The zero-order valence-corrected chi connectivity index (χ0v) is 14.2. The Morgan fingerprint density at radius 3 is 2.71 bits per heavy atom. The number of fused-ring (bicyclic) bond motifs is 1. The van der Waals surface area contributed by atoms with Crippen LogP contribution in [-0.2, 0) is 17.6 Å². The maximum Gasteiger partial charge on any atom is 0.279 e. The molecule has 2 amide bonds. The third-order valence-electron chi connectivity index (χ3n) is 3.97. The third kappa shape index (κ3) is 3.98. The molecule has 1 aromatic heterocycles. The van der Waals surface area contributed by atoms with Crippen molar-refractivity contribution >= 4 is 34.8 Å². The normalized spacial score (nSPS) is 18.0. The van der Waals surface area contributed by atoms with E-state index in [1.165, 1.54) is 28.2 Å². The lowest BCUT2D eigenvalue weighted by Crippen LogP contribution is -2.41. The summed E-state index contributed by atoms with van der Waals surface area (Å²) in [5.74, 6) is -0.222. The molecule has 6 heteroatoms. The van der Waals surface area contributed by atoms with E-state index in [-0.39, 0.29) is 17.2 Å². The highest BCUT2D eigenvalue weighted by atomic mass is 35.5. The quantitative estimate of drug-likeness (QED) is 0.648. The van der Waals surface area contributed by atoms with E-state index in [0.29, 0.717) is 10.8 Å². The van der Waals surface area contributed by atoms with E-state index in [9.17, 15) is 9.59 Å². The average Bonchev–Trinajstić information content (AvgIpc) is 2.86. The van der Waals surface area contributed by atoms with E-state index in [1.807, 2.05) is 6.07 Å². The van der Waals surface area contributed by atoms with Gasteiger partial charge in [0.1, 0.15) is 5.88 Å². The van der Waals surface area contributed by atoms with Crippen LogP contribution in [0.15, 0.2) is 6.07 Å². The second-order valence-electron chi connectivity index (χ2n) is 6.50. The van der Waals surface area contributed by atoms with Gasteiger partial charge in [0, 0.05) is 4.88 Å². The maximum absolute atomic E-state index is 12.0. The molecule has 21 heavy (non-hydrogen) atoms. The Labute approximate surface area is 134 Å². The number of nitrogens with one attached hydrogen (secondary N) is 2. The van der Waals surface area contributed by atoms with Crippen molar-refractivity contribution in [2.45, 2.75) is 40.0 Å². The summed E-state index contributed by atoms with van der Waals surface area (Å²) in [6, 6.07) is 1.96. The molecule has 1 aromatic rings. The molecule has 0 aromatic carbocycles. The number of rotatable bonds is 2. The third-order valence-corrected chi connectivity index (χ3v) is 5.45. The maximum atomic E-state index is 12.0. The van der Waals surface area contributed by atoms with E-state index in [1.54, 1.807) is 0 Å². The number of amides is 2. The van der Waals surface area contributed by atoms with Gasteiger partial charge in [0.2, 0.25) is 0 Å². The highest BCUT2D eigenvalue weighted by molar-refractivity contribution is 7.14. The molecule has 0 radical (unpaired) electrons. The van der Waals surface area contributed by atoms with Gasteiger partial charge in [-0.2, -0.15) is 0 Å². The molecular formula is C15H21ClN2O2S. The van der Waals surface area contributed by atoms with Crippen LogP contribution in [-0.4, -0.2) is 17.7 Å². The molecule has 1 heterocycles. The van der Waals surface area contributed by atoms with Crippen molar-refractivity contribution in [3.8, 4) is 0 Å². The van der Waals surface area contributed by atoms with Crippen LogP contribution >= 0.6 is 22.9 Å². The molecule has 0 saturated heterocycles. The molecule has 4 nitrogen and oxygen atoms in total. The molecule has 116 valence electrons. The molecule has 0 spiro atoms. The van der Waals surface area contributed by atoms with Crippen LogP contribution in [0.5, 0.6) is 0 Å². The number of aryl methyl sites for hydroxylation is 1. The molecular weight excluding hydrogens is 308 g/mol. The van der Waals surface area contributed by atoms with Crippen LogP contribution in [0.25, 0.3) is 0 Å². The largest absolute Gasteiger partial charge is 0.279 e. The zero-order valence-electron chi connectivity index (χ0n) is 12.6. The first kappa shape index (κ1) is 16.3. The van der Waals surface area contributed by atoms with Gasteiger partial charge in [-0.05, 0) is 42.2 Å². The van der Waals surface area contributed by atoms with Crippen molar-refractivity contribution in [2.24, 2.45) is 11.3 Å². The number of hydrazine groups is 1. The predicted molar refractivity (Wildman–Crippen MR) is 85.6 cm³/mol. The fraction of sp³-hybridized carbons (Fsp3) is 0.600. The van der Waals surface area contributed by atoms with E-state index in [2.05, 4.69) is 31.6 Å². The molecule has 0 fully saturated rings. The zero-order chi connectivity index (χ0) is 15.6. The van der Waals surface area contributed by atoms with E-state index in [0.717, 1.165) is 12.8 Å². The number of alkyl halides is 1. The molecule has 0 saturated carbocycles. The monoisotopic (exact) mass is 328 g/mol. The van der Waals surface area contributed by atoms with Crippen molar-refractivity contribution in [1.82, 2.24) is 10.9 Å². The van der Waals surface area contributed by atoms with Gasteiger partial charge in [0.05, 0.1) is 4.88 Å². The Morgan fingerprint density at radius 2 is 2.10 bits per heavy atom. The average molecular weight is 329 g/mol. The van der Waals surface area contributed by atoms with Crippen LogP contribution in [0.4, 0.5) is 0 Å². The molecule has 1 aliphatic rings. The minimum atomic E-state index is -0.417. The summed E-state index contributed by atoms with van der Waals surface area (Å²) in [5.41, 5.74) is 6.23. The van der Waals surface area contributed by atoms with Crippen LogP contribution in [0, 0.1) is 11.3 Å². The van der Waals surface area contributed by atoms with Gasteiger partial charge in [-0.15, -0.1) is 22.9 Å². The summed E-state index contributed by atoms with van der Waals surface area (Å²) in [5, 5.41) is 0. The van der Waals surface area contributed by atoms with Crippen molar-refractivity contribution in [3.63, 3.8) is 0 Å². The lowest BCUT2D eigenvalue weighted by Gasteiger charge is -2.33. The number of thiophene rings is 1. The van der Waals surface area contributed by atoms with Crippen LogP contribution < -0.4 is 10.9 Å². The number of carbonyl (C=O) groups is 2. The van der Waals surface area contributed by atoms with Gasteiger partial charge in [0.15, 0.2) is 0 Å². The van der Waals surface area contributed by atoms with Crippen molar-refractivity contribution in [3.05, 3.63) is 21.4 Å². The summed E-state index contributed by atoms with van der Waals surface area (Å²) in [6.45, 7) is 6.80. The Kier molecular flexibility index (Phi) is 4.94. The van der Waals surface area contributed by atoms with Crippen molar-refractivity contribution in [2.75, 3.05) is 5.88 Å². The highest BCUT2D eigenvalue weighted by Crippen LogP contribution is 2.39. The molecule has 0 unspecified atom stereocenters. The first-order chi connectivity index (χ1) is 9.81. The first-order valence-electron chi connectivity index (χ1n) is 7.08. The van der Waals surface area contributed by atoms with Crippen LogP contribution in [0.2, 0.25) is 0 Å². The van der Waals surface area contributed by atoms with Gasteiger partial charge >= 0.3 is 0 Å². The molecule has 1 aliphatic carbocycles. The Hall–Kier alpha value is -1.07. The lowest BCUT2D eigenvalue weighted by atomic mass is 9.72. The molecule has 1 atom stereocenters. The fourth-order valence-electron chi connectivity index (χ4n) is 2.60. The summed E-state index contributed by atoms with van der Waals surface area (Å²) < 4.78 is 0. The number of hydrogen-bond acceptors (Lipinski definition) is 3. The van der Waals surface area contributed by atoms with Crippen LogP contribution in [0.3, 0.4) is 0 Å². The second kappa shape index (κ2) is 6.36. The van der Waals surface area contributed by atoms with E-state index >= 15 is 0 Å². The molecule has 2 N–H and O–H groups in total. The lowest BCUT2D eigenvalue weighted by molar-refractivity contribution is -0.119. The van der Waals surface area contributed by atoms with Crippen molar-refractivity contribution < 1.29 is 9.59 Å². The predicted octanol–water partition coefficient (Wildman–Crippen LogP) is 2.90. The first-order valence-corrected chi connectivity index (χ1v) is 8.43. The number of carbonyl (C=O) groups excluding carboxylic acids is 2. The van der Waals surface area contributed by atoms with E-state index in [4.69, 9.17) is 11.6 Å². The summed E-state index contributed by atoms with van der Waals surface area (Å²) >= 11 is 6.88. The Morgan fingerprint density at radius 1 is 1.38 bits per heavy atom. The summed E-state index contributed by atoms with van der Waals surface area (Å²) in [6.07, 6.45) is 3.22. The van der Waals surface area contributed by atoms with Gasteiger partial charge in [-0.25, -0.2) is 0 Å². The number of hydrogen-bond donors (Lipinski definition) is 2. The summed E-state index contributed by atoms with van der Waals surface area (Å²) in [7, 11) is 0. The fourth-order valence-corrected chi connectivity index (χ4v) is 3.77. The number of halogens is 1. The standard InChI is InChI=1S/C15H21ClN2O2S/c1-15(2,3)10-4-5-11-9(6-10)7-12(21-11)14(20)18-17-13(19)8-16/h7,10H,4-6,8H2,1-3H3,(H,17,19)(H,18,20)/t10-/m0/s1. The van der Waals surface area contributed by atoms with Gasteiger partial charge in [-0.1, -0.05) is 20.8 Å². The van der Waals surface area contributed by atoms with E-state index < -0.39 is 5.91 Å². The Balaban J connectivity index is 2.04. The Bertz CT molecular complexity index is 548. The summed E-state index contributed by atoms with van der Waals surface area (Å²) in [4.78, 5) is 25.0. The van der Waals surface area contributed by atoms with Crippen LogP contribution in [0.1, 0.15) is 47.3 Å². The van der Waals surface area contributed by atoms with Gasteiger partial charge < -0.3 is 0 Å². The highest BCUT2D eigenvalue weighted by Gasteiger charge is 2.30. The molecule has 2 rings (SSSR count). The van der Waals surface area contributed by atoms with Gasteiger partial charge in [0.25, 0.3) is 11.8 Å². The van der Waals surface area contributed by atoms with Gasteiger partial charge in [-0.3, -0.25) is 20.4 Å². The second-order valence-corrected chi connectivity index (χ2v) is 7.90. The molecule has 0 aliphatic heterocycles. The van der Waals surface area contributed by atoms with Crippen molar-refractivity contribution in [1.29, 1.82) is 0 Å². The minimum absolute atomic E-state index is 0.172. The topological polar surface area (TPSA) is 58.2 Å². The smallest absolute Gasteiger partial charge is 0.272 e. The minimum Gasteiger partial charge on any atom is -0.272 e.